The molecular formula is C30H20N4. The average Bonchev–Trinajstić information content (AvgIpc) is 2.89. The van der Waals surface area contributed by atoms with Gasteiger partial charge in [-0.05, 0) is 36.4 Å². The maximum Gasteiger partial charge on any atom is 0.0972 e. The lowest BCUT2D eigenvalue weighted by atomic mass is 10.1. The first kappa shape index (κ1) is 18.8. The van der Waals surface area contributed by atoms with E-state index < -0.39 is 0 Å². The van der Waals surface area contributed by atoms with Gasteiger partial charge < -0.3 is 9.97 Å². The van der Waals surface area contributed by atoms with E-state index in [2.05, 4.69) is 94.9 Å². The summed E-state index contributed by atoms with van der Waals surface area (Å²) < 4.78 is 0. The third-order valence-corrected chi connectivity index (χ3v) is 6.39. The van der Waals surface area contributed by atoms with E-state index >= 15 is 0 Å². The predicted octanol–water partition coefficient (Wildman–Crippen LogP) is 7.74. The lowest BCUT2D eigenvalue weighted by Crippen LogP contribution is -1.88. The molecule has 4 nitrogen and oxygen atoms in total. The van der Waals surface area contributed by atoms with Crippen molar-refractivity contribution in [2.75, 3.05) is 0 Å². The summed E-state index contributed by atoms with van der Waals surface area (Å²) in [6.07, 6.45) is 0. The highest BCUT2D eigenvalue weighted by molar-refractivity contribution is 6.07. The van der Waals surface area contributed by atoms with Crippen molar-refractivity contribution >= 4 is 65.7 Å². The molecule has 0 aliphatic heterocycles. The summed E-state index contributed by atoms with van der Waals surface area (Å²) in [4.78, 5) is 17.6. The Bertz CT molecular complexity index is 1830. The van der Waals surface area contributed by atoms with Crippen LogP contribution >= 0.6 is 0 Å². The van der Waals surface area contributed by atoms with Crippen molar-refractivity contribution in [2.24, 2.45) is 0 Å². The molecule has 34 heavy (non-hydrogen) atoms. The zero-order valence-corrected chi connectivity index (χ0v) is 18.3. The fourth-order valence-electron chi connectivity index (χ4n) is 4.69. The van der Waals surface area contributed by atoms with Crippen LogP contribution in [0, 0.1) is 0 Å². The van der Waals surface area contributed by atoms with Gasteiger partial charge in [-0.2, -0.15) is 0 Å². The minimum Gasteiger partial charge on any atom is -0.353 e. The first-order chi connectivity index (χ1) is 16.8. The van der Waals surface area contributed by atoms with Gasteiger partial charge in [0, 0.05) is 32.6 Å². The summed E-state index contributed by atoms with van der Waals surface area (Å²) in [5, 5.41) is 4.25. The van der Waals surface area contributed by atoms with Gasteiger partial charge in [0.05, 0.1) is 33.1 Å². The van der Waals surface area contributed by atoms with Gasteiger partial charge in [0.15, 0.2) is 0 Å². The van der Waals surface area contributed by atoms with Crippen LogP contribution in [0.2, 0.25) is 0 Å². The average molecular weight is 437 g/mol. The Balaban J connectivity index is 1.83. The molecule has 4 aromatic carbocycles. The fourth-order valence-corrected chi connectivity index (χ4v) is 4.69. The summed E-state index contributed by atoms with van der Waals surface area (Å²) in [7, 11) is 0. The van der Waals surface area contributed by atoms with Crippen molar-refractivity contribution in [1.29, 1.82) is 0 Å². The van der Waals surface area contributed by atoms with Crippen LogP contribution in [-0.2, 0) is 0 Å². The number of aromatic nitrogens is 4. The summed E-state index contributed by atoms with van der Waals surface area (Å²) in [6, 6.07) is 37.5. The van der Waals surface area contributed by atoms with Gasteiger partial charge in [-0.1, -0.05) is 72.8 Å². The van der Waals surface area contributed by atoms with E-state index in [-0.39, 0.29) is 0 Å². The van der Waals surface area contributed by atoms with Crippen molar-refractivity contribution in [3.63, 3.8) is 0 Å². The Labute approximate surface area is 194 Å². The number of aromatic amines is 2. The number of hydrogen-bond donors (Lipinski definition) is 2. The molecule has 0 aliphatic carbocycles. The maximum atomic E-state index is 5.13. The summed E-state index contributed by atoms with van der Waals surface area (Å²) in [5.74, 6) is 0. The molecular weight excluding hydrogens is 416 g/mol. The predicted molar refractivity (Wildman–Crippen MR) is 142 cm³/mol. The van der Waals surface area contributed by atoms with Gasteiger partial charge >= 0.3 is 0 Å². The molecule has 0 spiro atoms. The Morgan fingerprint density at radius 1 is 0.382 bits per heavy atom. The van der Waals surface area contributed by atoms with Crippen LogP contribution in [0.15, 0.2) is 109 Å². The van der Waals surface area contributed by atoms with Crippen LogP contribution in [0.25, 0.3) is 65.7 Å². The number of para-hydroxylation sites is 4. The molecule has 4 bridgehead atoms. The van der Waals surface area contributed by atoms with Gasteiger partial charge in [0.2, 0.25) is 0 Å². The molecule has 4 heteroatoms. The number of pyridine rings is 2. The van der Waals surface area contributed by atoms with E-state index in [0.29, 0.717) is 0 Å². The van der Waals surface area contributed by atoms with Crippen LogP contribution in [0.4, 0.5) is 0 Å². The van der Waals surface area contributed by atoms with E-state index in [1.807, 2.05) is 24.3 Å². The summed E-state index contributed by atoms with van der Waals surface area (Å²) >= 11 is 0. The van der Waals surface area contributed by atoms with Crippen LogP contribution < -0.4 is 0 Å². The molecule has 3 aromatic heterocycles. The molecule has 0 fully saturated rings. The quantitative estimate of drug-likeness (QED) is 0.239. The molecule has 0 saturated heterocycles. The van der Waals surface area contributed by atoms with E-state index in [9.17, 15) is 0 Å². The van der Waals surface area contributed by atoms with Gasteiger partial charge in [0.1, 0.15) is 0 Å². The largest absolute Gasteiger partial charge is 0.353 e. The van der Waals surface area contributed by atoms with Crippen LogP contribution in [-0.4, -0.2) is 19.9 Å². The van der Waals surface area contributed by atoms with E-state index in [4.69, 9.17) is 9.97 Å². The summed E-state index contributed by atoms with van der Waals surface area (Å²) in [6.45, 7) is 0. The Kier molecular flexibility index (Phi) is 4.11. The second-order valence-corrected chi connectivity index (χ2v) is 8.49. The van der Waals surface area contributed by atoms with Crippen molar-refractivity contribution in [2.45, 2.75) is 0 Å². The van der Waals surface area contributed by atoms with Crippen LogP contribution in [0.1, 0.15) is 0 Å². The second-order valence-electron chi connectivity index (χ2n) is 8.49. The smallest absolute Gasteiger partial charge is 0.0972 e. The Hall–Kier alpha value is -4.70. The molecule has 0 aliphatic rings. The molecule has 3 heterocycles. The van der Waals surface area contributed by atoms with Crippen molar-refractivity contribution in [1.82, 2.24) is 19.9 Å². The lowest BCUT2D eigenvalue weighted by molar-refractivity contribution is 1.43. The van der Waals surface area contributed by atoms with Gasteiger partial charge in [-0.3, -0.25) is 0 Å². The van der Waals surface area contributed by atoms with Crippen molar-refractivity contribution in [3.05, 3.63) is 109 Å². The minimum atomic E-state index is 0.912. The van der Waals surface area contributed by atoms with Crippen molar-refractivity contribution < 1.29 is 0 Å². The monoisotopic (exact) mass is 436 g/mol. The number of H-pyrrole nitrogens is 2. The number of rotatable bonds is 0. The Morgan fingerprint density at radius 2 is 0.765 bits per heavy atom. The third-order valence-electron chi connectivity index (χ3n) is 6.39. The number of nitrogens with one attached hydrogen (secondary N) is 2. The maximum absolute atomic E-state index is 5.13. The first-order valence-corrected chi connectivity index (χ1v) is 11.4. The molecule has 0 unspecified atom stereocenters. The molecule has 7 rings (SSSR count). The number of fused-ring (bicyclic) bond motifs is 7. The van der Waals surface area contributed by atoms with E-state index in [0.717, 1.165) is 65.7 Å². The van der Waals surface area contributed by atoms with Gasteiger partial charge in [-0.15, -0.1) is 0 Å². The molecule has 0 radical (unpaired) electrons. The highest BCUT2D eigenvalue weighted by Crippen LogP contribution is 2.27. The van der Waals surface area contributed by atoms with Gasteiger partial charge in [-0.25, -0.2) is 9.97 Å². The van der Waals surface area contributed by atoms with Crippen molar-refractivity contribution in [3.8, 4) is 0 Å². The standard InChI is InChI=1S/C30H20N4/c1-3-9-23-21(7-1)25-17-15-19-13-14-20-16-18-26(34-30(20)29(19)33-25)22-8-2-4-10-24(22)32-28-12-6-5-11-27(28)31-23/h1-18,31-32H. The zero-order chi connectivity index (χ0) is 22.5. The molecule has 7 aromatic rings. The number of nitrogens with zero attached hydrogens (tertiary/aromatic N) is 2. The molecule has 0 amide bonds. The second kappa shape index (κ2) is 7.42. The van der Waals surface area contributed by atoms with Crippen LogP contribution in [0.5, 0.6) is 0 Å². The lowest BCUT2D eigenvalue weighted by Gasteiger charge is -2.06. The zero-order valence-electron chi connectivity index (χ0n) is 18.3. The van der Waals surface area contributed by atoms with Gasteiger partial charge in [0.25, 0.3) is 0 Å². The molecule has 2 N–H and O–H groups in total. The van der Waals surface area contributed by atoms with Crippen LogP contribution in [0.3, 0.4) is 0 Å². The number of benzene rings is 4. The minimum absolute atomic E-state index is 0.912. The summed E-state index contributed by atoms with van der Waals surface area (Å²) in [5.41, 5.74) is 7.64. The number of hydrogen-bond acceptors (Lipinski definition) is 2. The topological polar surface area (TPSA) is 57.4 Å². The fraction of sp³-hybridized carbons (Fsp3) is 0. The highest BCUT2D eigenvalue weighted by Gasteiger charge is 2.06. The first-order valence-electron chi connectivity index (χ1n) is 11.4. The molecule has 160 valence electrons. The molecule has 0 atom stereocenters. The SMILES string of the molecule is c1ccc2[nH]c3ccccc3c3ccc4ccc5ccc(nc5c4n3)c3ccccc3[nH]c2c1. The molecule has 0 saturated carbocycles. The van der Waals surface area contributed by atoms with E-state index in [1.165, 1.54) is 0 Å². The normalized spacial score (nSPS) is 11.5. The highest BCUT2D eigenvalue weighted by atomic mass is 14.8. The third kappa shape index (κ3) is 3.00. The van der Waals surface area contributed by atoms with E-state index in [1.54, 1.807) is 0 Å². The Morgan fingerprint density at radius 3 is 1.24 bits per heavy atom.